The third kappa shape index (κ3) is 5.02. The highest BCUT2D eigenvalue weighted by Crippen LogP contribution is 2.31. The van der Waals surface area contributed by atoms with E-state index in [0.717, 1.165) is 25.3 Å². The molecule has 2 aromatic rings. The fraction of sp³-hybridized carbons (Fsp3) is 0.222. The third-order valence-electron chi connectivity index (χ3n) is 4.18. The summed E-state index contributed by atoms with van der Waals surface area (Å²) >= 11 is 0. The van der Waals surface area contributed by atoms with E-state index in [1.54, 1.807) is 0 Å². The molecule has 0 heterocycles. The molecule has 13 heteroatoms. The number of esters is 1. The van der Waals surface area contributed by atoms with Crippen LogP contribution in [0.2, 0.25) is 0 Å². The van der Waals surface area contributed by atoms with Crippen LogP contribution >= 0.6 is 0 Å². The van der Waals surface area contributed by atoms with Gasteiger partial charge in [-0.3, -0.25) is 30.2 Å². The second-order valence-corrected chi connectivity index (χ2v) is 5.87. The maximum Gasteiger partial charge on any atom is 0.341 e. The normalized spacial score (nSPS) is 10.2. The van der Waals surface area contributed by atoms with Gasteiger partial charge in [0.1, 0.15) is 17.1 Å². The zero-order valence-corrected chi connectivity index (χ0v) is 16.3. The minimum absolute atomic E-state index is 0.0160. The number of nitro benzene ring substituents is 2. The molecule has 164 valence electrons. The Labute approximate surface area is 174 Å². The van der Waals surface area contributed by atoms with E-state index in [0.29, 0.717) is 0 Å². The predicted molar refractivity (Wildman–Crippen MR) is 103 cm³/mol. The van der Waals surface area contributed by atoms with Gasteiger partial charge in [0.15, 0.2) is 0 Å². The van der Waals surface area contributed by atoms with E-state index in [-0.39, 0.29) is 46.9 Å². The highest BCUT2D eigenvalue weighted by atomic mass is 16.6. The molecule has 0 saturated heterocycles. The van der Waals surface area contributed by atoms with Crippen molar-refractivity contribution in [2.45, 2.75) is 6.42 Å². The Kier molecular flexibility index (Phi) is 7.41. The number of carbonyl (C=O) groups is 2. The zero-order valence-electron chi connectivity index (χ0n) is 16.3. The van der Waals surface area contributed by atoms with Crippen LogP contribution in [0.5, 0.6) is 11.5 Å². The molecular formula is C18H17N3O10. The van der Waals surface area contributed by atoms with E-state index in [1.165, 1.54) is 24.7 Å². The molecule has 0 spiro atoms. The van der Waals surface area contributed by atoms with Crippen LogP contribution in [-0.4, -0.2) is 47.8 Å². The fourth-order valence-corrected chi connectivity index (χ4v) is 2.80. The van der Waals surface area contributed by atoms with E-state index >= 15 is 0 Å². The van der Waals surface area contributed by atoms with Crippen LogP contribution < -0.4 is 15.0 Å². The van der Waals surface area contributed by atoms with E-state index in [1.807, 2.05) is 0 Å². The predicted octanol–water partition coefficient (Wildman–Crippen LogP) is 2.04. The van der Waals surface area contributed by atoms with Crippen molar-refractivity contribution in [1.82, 2.24) is 5.48 Å². The van der Waals surface area contributed by atoms with Crippen LogP contribution in [0, 0.1) is 20.2 Å². The van der Waals surface area contributed by atoms with E-state index in [2.05, 4.69) is 4.74 Å². The van der Waals surface area contributed by atoms with Crippen LogP contribution in [0.3, 0.4) is 0 Å². The summed E-state index contributed by atoms with van der Waals surface area (Å²) in [6.07, 6.45) is -0.201. The van der Waals surface area contributed by atoms with Crippen LogP contribution in [0.4, 0.5) is 11.4 Å². The van der Waals surface area contributed by atoms with E-state index in [9.17, 15) is 29.8 Å². The minimum Gasteiger partial charge on any atom is -0.496 e. The summed E-state index contributed by atoms with van der Waals surface area (Å²) in [6, 6.07) is 5.61. The van der Waals surface area contributed by atoms with Gasteiger partial charge in [-0.05, 0) is 12.1 Å². The SMILES string of the molecule is COC(=O)c1cc([N+](=O)[O-])ccc1OCCc1c([N+](=O)[O-])ccc(OC)c1C(=O)NO. The molecule has 1 amide bonds. The Balaban J connectivity index is 2.39. The highest BCUT2D eigenvalue weighted by molar-refractivity contribution is 5.99. The number of nitrogens with zero attached hydrogens (tertiary/aromatic N) is 2. The standard InChI is InChI=1S/C18H17N3O10/c1-29-15-6-4-13(21(27)28)11(16(15)17(22)19-24)7-8-31-14-5-3-10(20(25)26)9-12(14)18(23)30-2/h3-6,9,24H,7-8H2,1-2H3,(H,19,22). The number of carbonyl (C=O) groups excluding carboxylic acids is 2. The molecule has 0 radical (unpaired) electrons. The van der Waals surface area contributed by atoms with Crippen molar-refractivity contribution in [3.8, 4) is 11.5 Å². The topological polar surface area (TPSA) is 180 Å². The van der Waals surface area contributed by atoms with E-state index < -0.39 is 27.4 Å². The summed E-state index contributed by atoms with van der Waals surface area (Å²) in [5, 5.41) is 31.3. The smallest absolute Gasteiger partial charge is 0.341 e. The highest BCUT2D eigenvalue weighted by Gasteiger charge is 2.26. The van der Waals surface area contributed by atoms with Crippen LogP contribution in [0.1, 0.15) is 26.3 Å². The molecule has 2 rings (SSSR count). The van der Waals surface area contributed by atoms with Gasteiger partial charge in [0.2, 0.25) is 0 Å². The molecule has 0 atom stereocenters. The molecule has 31 heavy (non-hydrogen) atoms. The Morgan fingerprint density at radius 1 is 1.06 bits per heavy atom. The largest absolute Gasteiger partial charge is 0.496 e. The third-order valence-corrected chi connectivity index (χ3v) is 4.18. The first-order valence-electron chi connectivity index (χ1n) is 8.53. The van der Waals surface area contributed by atoms with Crippen molar-refractivity contribution in [2.75, 3.05) is 20.8 Å². The molecule has 0 aliphatic heterocycles. The number of non-ortho nitro benzene ring substituents is 1. The summed E-state index contributed by atoms with van der Waals surface area (Å²) in [5.41, 5.74) is 0.0647. The van der Waals surface area contributed by atoms with Gasteiger partial charge in [-0.15, -0.1) is 0 Å². The average molecular weight is 435 g/mol. The first-order valence-corrected chi connectivity index (χ1v) is 8.53. The lowest BCUT2D eigenvalue weighted by molar-refractivity contribution is -0.385. The van der Waals surface area contributed by atoms with Gasteiger partial charge < -0.3 is 14.2 Å². The Morgan fingerprint density at radius 2 is 1.74 bits per heavy atom. The monoisotopic (exact) mass is 435 g/mol. The van der Waals surface area contributed by atoms with Crippen LogP contribution in [0.25, 0.3) is 0 Å². The lowest BCUT2D eigenvalue weighted by Gasteiger charge is -2.14. The lowest BCUT2D eigenvalue weighted by Crippen LogP contribution is -2.22. The zero-order chi connectivity index (χ0) is 23.1. The van der Waals surface area contributed by atoms with Gasteiger partial charge in [-0.2, -0.15) is 0 Å². The molecule has 0 aliphatic carbocycles. The molecular weight excluding hydrogens is 418 g/mol. The molecule has 0 unspecified atom stereocenters. The Hall–Kier alpha value is -4.26. The lowest BCUT2D eigenvalue weighted by atomic mass is 10.0. The number of methoxy groups -OCH3 is 2. The van der Waals surface area contributed by atoms with Crippen LogP contribution in [0.15, 0.2) is 30.3 Å². The number of nitrogens with one attached hydrogen (secondary N) is 1. The van der Waals surface area contributed by atoms with Crippen LogP contribution in [-0.2, 0) is 11.2 Å². The van der Waals surface area contributed by atoms with Crippen molar-refractivity contribution in [3.63, 3.8) is 0 Å². The average Bonchev–Trinajstić information content (AvgIpc) is 2.77. The molecule has 0 saturated carbocycles. The first kappa shape index (κ1) is 23.0. The van der Waals surface area contributed by atoms with Gasteiger partial charge in [0.05, 0.1) is 36.2 Å². The number of ether oxygens (including phenoxy) is 3. The number of hydrogen-bond acceptors (Lipinski definition) is 10. The second-order valence-electron chi connectivity index (χ2n) is 5.87. The van der Waals surface area contributed by atoms with Gasteiger partial charge in [-0.25, -0.2) is 10.3 Å². The number of hydroxylamine groups is 1. The van der Waals surface area contributed by atoms with Gasteiger partial charge in [-0.1, -0.05) is 0 Å². The summed E-state index contributed by atoms with van der Waals surface area (Å²) < 4.78 is 15.1. The maximum atomic E-state index is 12.1. The number of amides is 1. The summed E-state index contributed by atoms with van der Waals surface area (Å²) in [4.78, 5) is 45.0. The van der Waals surface area contributed by atoms with Gasteiger partial charge >= 0.3 is 5.97 Å². The van der Waals surface area contributed by atoms with Gasteiger partial charge in [0, 0.05) is 30.2 Å². The van der Waals surface area contributed by atoms with Gasteiger partial charge in [0.25, 0.3) is 17.3 Å². The van der Waals surface area contributed by atoms with Crippen molar-refractivity contribution in [3.05, 3.63) is 67.3 Å². The Bertz CT molecular complexity index is 1040. The van der Waals surface area contributed by atoms with E-state index in [4.69, 9.17) is 14.7 Å². The quantitative estimate of drug-likeness (QED) is 0.256. The molecule has 2 aromatic carbocycles. The van der Waals surface area contributed by atoms with Crippen molar-refractivity contribution < 1.29 is 38.9 Å². The number of nitro groups is 2. The first-order chi connectivity index (χ1) is 14.7. The molecule has 0 aromatic heterocycles. The maximum absolute atomic E-state index is 12.1. The molecule has 13 nitrogen and oxygen atoms in total. The molecule has 0 fully saturated rings. The minimum atomic E-state index is -1.03. The second kappa shape index (κ2) is 9.98. The molecule has 0 bridgehead atoms. The number of rotatable bonds is 9. The number of hydrogen-bond donors (Lipinski definition) is 2. The summed E-state index contributed by atoms with van der Waals surface area (Å²) in [6.45, 7) is -0.262. The van der Waals surface area contributed by atoms with Crippen molar-refractivity contribution in [2.24, 2.45) is 0 Å². The van der Waals surface area contributed by atoms with Crippen molar-refractivity contribution >= 4 is 23.3 Å². The molecule has 0 aliphatic rings. The summed E-state index contributed by atoms with van der Waals surface area (Å²) in [7, 11) is 2.33. The summed E-state index contributed by atoms with van der Waals surface area (Å²) in [5.74, 6) is -1.98. The van der Waals surface area contributed by atoms with Crippen molar-refractivity contribution in [1.29, 1.82) is 0 Å². The molecule has 2 N–H and O–H groups in total. The Morgan fingerprint density at radius 3 is 2.29 bits per heavy atom. The fourth-order valence-electron chi connectivity index (χ4n) is 2.80. The number of benzene rings is 2.